The van der Waals surface area contributed by atoms with E-state index in [1.807, 2.05) is 0 Å². The van der Waals surface area contributed by atoms with Crippen molar-refractivity contribution in [1.82, 2.24) is 4.98 Å². The lowest BCUT2D eigenvalue weighted by molar-refractivity contribution is -0.139. The Morgan fingerprint density at radius 1 is 1.16 bits per heavy atom. The van der Waals surface area contributed by atoms with Crippen molar-refractivity contribution in [3.8, 4) is 0 Å². The Balaban J connectivity index is 2.37. The highest BCUT2D eigenvalue weighted by Crippen LogP contribution is 2.39. The number of hydrogen-bond donors (Lipinski definition) is 1. The van der Waals surface area contributed by atoms with Crippen LogP contribution in [0.4, 0.5) is 18.9 Å². The molecule has 1 aromatic carbocycles. The molecule has 0 spiro atoms. The van der Waals surface area contributed by atoms with Crippen LogP contribution in [0.1, 0.15) is 5.56 Å². The van der Waals surface area contributed by atoms with Crippen molar-refractivity contribution in [3.05, 3.63) is 47.1 Å². The quantitative estimate of drug-likeness (QED) is 0.831. The first kappa shape index (κ1) is 14.0. The number of rotatable bonds is 2. The van der Waals surface area contributed by atoms with Crippen LogP contribution in [0.25, 0.3) is 0 Å². The van der Waals surface area contributed by atoms with E-state index in [9.17, 15) is 13.2 Å². The summed E-state index contributed by atoms with van der Waals surface area (Å²) >= 11 is 6.58. The van der Waals surface area contributed by atoms with Gasteiger partial charge in [-0.1, -0.05) is 23.4 Å². The van der Waals surface area contributed by atoms with Gasteiger partial charge in [0, 0.05) is 16.8 Å². The van der Waals surface area contributed by atoms with Crippen LogP contribution in [-0.2, 0) is 6.18 Å². The maximum Gasteiger partial charge on any atom is 0.417 e. The van der Waals surface area contributed by atoms with Gasteiger partial charge in [0.05, 0.1) is 10.6 Å². The Kier molecular flexibility index (Phi) is 3.91. The molecule has 100 valence electrons. The van der Waals surface area contributed by atoms with E-state index in [1.54, 1.807) is 12.1 Å². The smallest absolute Gasteiger partial charge is 0.399 e. The van der Waals surface area contributed by atoms with Crippen LogP contribution in [0.5, 0.6) is 0 Å². The van der Waals surface area contributed by atoms with Gasteiger partial charge in [-0.25, -0.2) is 4.98 Å². The van der Waals surface area contributed by atoms with E-state index in [0.717, 1.165) is 17.8 Å². The van der Waals surface area contributed by atoms with Gasteiger partial charge < -0.3 is 5.73 Å². The summed E-state index contributed by atoms with van der Waals surface area (Å²) in [4.78, 5) is 4.00. The number of benzene rings is 1. The van der Waals surface area contributed by atoms with Crippen LogP contribution in [0.3, 0.4) is 0 Å². The van der Waals surface area contributed by atoms with Crippen molar-refractivity contribution in [2.75, 3.05) is 5.73 Å². The maximum atomic E-state index is 12.9. The highest BCUT2D eigenvalue weighted by molar-refractivity contribution is 7.99. The highest BCUT2D eigenvalue weighted by Gasteiger charge is 2.33. The predicted octanol–water partition coefficient (Wildman–Crippen LogP) is 4.49. The fourth-order valence-corrected chi connectivity index (χ4v) is 2.39. The lowest BCUT2D eigenvalue weighted by Gasteiger charge is -2.12. The number of anilines is 1. The number of hydrogen-bond acceptors (Lipinski definition) is 3. The third-order valence-electron chi connectivity index (χ3n) is 2.22. The second-order valence-corrected chi connectivity index (χ2v) is 5.17. The number of nitrogens with zero attached hydrogens (tertiary/aromatic N) is 1. The monoisotopic (exact) mass is 304 g/mol. The van der Waals surface area contributed by atoms with Gasteiger partial charge in [0.2, 0.25) is 0 Å². The van der Waals surface area contributed by atoms with Gasteiger partial charge >= 0.3 is 6.18 Å². The molecule has 0 atom stereocenters. The van der Waals surface area contributed by atoms with Crippen LogP contribution in [0.2, 0.25) is 5.02 Å². The predicted molar refractivity (Wildman–Crippen MR) is 69.2 cm³/mol. The molecule has 2 nitrogen and oxygen atoms in total. The Bertz CT molecular complexity index is 585. The average Bonchev–Trinajstić information content (AvgIpc) is 2.33. The van der Waals surface area contributed by atoms with Crippen molar-refractivity contribution >= 4 is 29.1 Å². The molecular weight excluding hydrogens is 297 g/mol. The van der Waals surface area contributed by atoms with Crippen LogP contribution in [0, 0.1) is 0 Å². The third-order valence-corrected chi connectivity index (χ3v) is 3.47. The van der Waals surface area contributed by atoms with Gasteiger partial charge in [-0.2, -0.15) is 13.2 Å². The van der Waals surface area contributed by atoms with E-state index in [1.165, 1.54) is 18.3 Å². The average molecular weight is 305 g/mol. The normalized spacial score (nSPS) is 11.6. The molecule has 2 N–H and O–H groups in total. The molecule has 19 heavy (non-hydrogen) atoms. The van der Waals surface area contributed by atoms with Crippen molar-refractivity contribution in [3.63, 3.8) is 0 Å². The Morgan fingerprint density at radius 3 is 2.47 bits per heavy atom. The van der Waals surface area contributed by atoms with Gasteiger partial charge in [-0.05, 0) is 30.3 Å². The van der Waals surface area contributed by atoms with Crippen molar-refractivity contribution in [1.29, 1.82) is 0 Å². The van der Waals surface area contributed by atoms with Crippen molar-refractivity contribution in [2.24, 2.45) is 0 Å². The zero-order valence-electron chi connectivity index (χ0n) is 9.41. The number of halogens is 4. The number of nitrogens with two attached hydrogens (primary N) is 1. The minimum Gasteiger partial charge on any atom is -0.399 e. The Hall–Kier alpha value is -1.40. The van der Waals surface area contributed by atoms with Gasteiger partial charge in [-0.3, -0.25) is 0 Å². The van der Waals surface area contributed by atoms with E-state index in [0.29, 0.717) is 10.0 Å². The molecule has 0 saturated carbocycles. The third kappa shape index (κ3) is 3.54. The highest BCUT2D eigenvalue weighted by atomic mass is 35.5. The number of pyridine rings is 1. The van der Waals surface area contributed by atoms with E-state index >= 15 is 0 Å². The molecule has 1 heterocycles. The minimum atomic E-state index is -4.45. The molecule has 0 amide bonds. The van der Waals surface area contributed by atoms with E-state index in [4.69, 9.17) is 17.3 Å². The van der Waals surface area contributed by atoms with Gasteiger partial charge in [0.1, 0.15) is 5.03 Å². The number of nitrogen functional groups attached to an aromatic ring is 1. The molecule has 0 fully saturated rings. The molecule has 0 aliphatic rings. The Morgan fingerprint density at radius 2 is 1.89 bits per heavy atom. The summed E-state index contributed by atoms with van der Waals surface area (Å²) in [6.07, 6.45) is -3.07. The second kappa shape index (κ2) is 5.30. The minimum absolute atomic E-state index is 0.0523. The summed E-state index contributed by atoms with van der Waals surface area (Å²) in [5.41, 5.74) is 4.70. The fourth-order valence-electron chi connectivity index (χ4n) is 1.39. The first-order valence-electron chi connectivity index (χ1n) is 5.12. The van der Waals surface area contributed by atoms with E-state index in [-0.39, 0.29) is 10.6 Å². The van der Waals surface area contributed by atoms with E-state index in [2.05, 4.69) is 4.98 Å². The van der Waals surface area contributed by atoms with E-state index < -0.39 is 11.7 Å². The standard InChI is InChI=1S/C12H8ClF3N2S/c13-7-1-4-11(18-6-7)19-10-3-2-8(17)5-9(10)12(14,15)16/h1-6H,17H2. The first-order valence-corrected chi connectivity index (χ1v) is 6.32. The fraction of sp³-hybridized carbons (Fsp3) is 0.0833. The molecule has 2 aromatic rings. The molecule has 0 saturated heterocycles. The molecule has 2 rings (SSSR count). The molecule has 0 bridgehead atoms. The van der Waals surface area contributed by atoms with Gasteiger partial charge in [-0.15, -0.1) is 0 Å². The van der Waals surface area contributed by atoms with Gasteiger partial charge in [0.25, 0.3) is 0 Å². The Labute approximate surface area is 116 Å². The topological polar surface area (TPSA) is 38.9 Å². The maximum absolute atomic E-state index is 12.9. The summed E-state index contributed by atoms with van der Waals surface area (Å²) in [5, 5.41) is 0.859. The van der Waals surface area contributed by atoms with Crippen LogP contribution >= 0.6 is 23.4 Å². The molecular formula is C12H8ClF3N2S. The van der Waals surface area contributed by atoms with Gasteiger partial charge in [0.15, 0.2) is 0 Å². The lowest BCUT2D eigenvalue weighted by atomic mass is 10.2. The summed E-state index contributed by atoms with van der Waals surface area (Å²) in [6, 6.07) is 6.80. The summed E-state index contributed by atoms with van der Waals surface area (Å²) < 4.78 is 38.7. The first-order chi connectivity index (χ1) is 8.86. The molecule has 0 aliphatic heterocycles. The molecule has 0 aliphatic carbocycles. The SMILES string of the molecule is Nc1ccc(Sc2ccc(Cl)cn2)c(C(F)(F)F)c1. The summed E-state index contributed by atoms with van der Waals surface area (Å²) in [7, 11) is 0. The van der Waals surface area contributed by atoms with Crippen molar-refractivity contribution < 1.29 is 13.2 Å². The summed E-state index contributed by atoms with van der Waals surface area (Å²) in [6.45, 7) is 0. The molecule has 0 radical (unpaired) electrons. The summed E-state index contributed by atoms with van der Waals surface area (Å²) in [5.74, 6) is 0. The van der Waals surface area contributed by atoms with Crippen molar-refractivity contribution in [2.45, 2.75) is 16.1 Å². The number of aromatic nitrogens is 1. The van der Waals surface area contributed by atoms with Crippen LogP contribution in [0.15, 0.2) is 46.5 Å². The lowest BCUT2D eigenvalue weighted by Crippen LogP contribution is -2.07. The zero-order chi connectivity index (χ0) is 14.0. The molecule has 1 aromatic heterocycles. The molecule has 0 unspecified atom stereocenters. The van der Waals surface area contributed by atoms with Crippen LogP contribution in [-0.4, -0.2) is 4.98 Å². The second-order valence-electron chi connectivity index (χ2n) is 3.67. The zero-order valence-corrected chi connectivity index (χ0v) is 11.0. The largest absolute Gasteiger partial charge is 0.417 e. The molecule has 7 heteroatoms. The van der Waals surface area contributed by atoms with Crippen LogP contribution < -0.4 is 5.73 Å². The number of alkyl halides is 3.